The second-order valence-electron chi connectivity index (χ2n) is 5.56. The molecule has 1 amide bonds. The summed E-state index contributed by atoms with van der Waals surface area (Å²) in [6.07, 6.45) is 0. The lowest BCUT2D eigenvalue weighted by atomic mass is 10.1. The fourth-order valence-electron chi connectivity index (χ4n) is 2.41. The van der Waals surface area contributed by atoms with E-state index >= 15 is 0 Å². The molecule has 0 unspecified atom stereocenters. The number of nitrogen functional groups attached to an aromatic ring is 1. The second kappa shape index (κ2) is 6.72. The molecule has 5 nitrogen and oxygen atoms in total. The number of carbonyl (C=O) groups is 1. The minimum Gasteiger partial charge on any atom is -0.398 e. The molecular weight excluding hydrogens is 252 g/mol. The smallest absolute Gasteiger partial charge is 0.236 e. The van der Waals surface area contributed by atoms with Gasteiger partial charge in [0.25, 0.3) is 0 Å². The predicted molar refractivity (Wildman–Crippen MR) is 81.3 cm³/mol. The van der Waals surface area contributed by atoms with E-state index in [-0.39, 0.29) is 5.91 Å². The first-order chi connectivity index (χ1) is 9.56. The summed E-state index contributed by atoms with van der Waals surface area (Å²) in [5.41, 5.74) is 7.78. The summed E-state index contributed by atoms with van der Waals surface area (Å²) < 4.78 is 0. The maximum absolute atomic E-state index is 12.2. The Bertz CT molecular complexity index is 455. The number of hydrogen-bond donors (Lipinski definition) is 1. The van der Waals surface area contributed by atoms with Gasteiger partial charge in [0.1, 0.15) is 0 Å². The van der Waals surface area contributed by atoms with Gasteiger partial charge in [-0.25, -0.2) is 0 Å². The summed E-state index contributed by atoms with van der Waals surface area (Å²) in [4.78, 5) is 18.4. The van der Waals surface area contributed by atoms with E-state index in [1.54, 1.807) is 0 Å². The van der Waals surface area contributed by atoms with Crippen LogP contribution < -0.4 is 5.73 Å². The van der Waals surface area contributed by atoms with Gasteiger partial charge in [0.2, 0.25) is 5.91 Å². The largest absolute Gasteiger partial charge is 0.398 e. The van der Waals surface area contributed by atoms with Crippen LogP contribution >= 0.6 is 0 Å². The molecule has 1 saturated heterocycles. The predicted octanol–water partition coefficient (Wildman–Crippen LogP) is 0.475. The van der Waals surface area contributed by atoms with Crippen LogP contribution in [-0.4, -0.2) is 67.4 Å². The van der Waals surface area contributed by atoms with Crippen LogP contribution in [0.1, 0.15) is 5.56 Å². The minimum absolute atomic E-state index is 0.204. The van der Waals surface area contributed by atoms with Gasteiger partial charge in [-0.15, -0.1) is 0 Å². The van der Waals surface area contributed by atoms with E-state index in [9.17, 15) is 4.79 Å². The maximum Gasteiger partial charge on any atom is 0.236 e. The summed E-state index contributed by atoms with van der Waals surface area (Å²) in [5.74, 6) is 0.204. The van der Waals surface area contributed by atoms with Crippen LogP contribution in [0.3, 0.4) is 0 Å². The lowest BCUT2D eigenvalue weighted by molar-refractivity contribution is -0.133. The summed E-state index contributed by atoms with van der Waals surface area (Å²) in [6, 6.07) is 7.80. The summed E-state index contributed by atoms with van der Waals surface area (Å²) in [6.45, 7) is 4.72. The van der Waals surface area contributed by atoms with Crippen molar-refractivity contribution in [1.82, 2.24) is 14.7 Å². The van der Waals surface area contributed by atoms with Gasteiger partial charge < -0.3 is 15.5 Å². The number of nitrogens with two attached hydrogens (primary N) is 1. The highest BCUT2D eigenvalue weighted by molar-refractivity contribution is 5.78. The van der Waals surface area contributed by atoms with Crippen LogP contribution in [0.2, 0.25) is 0 Å². The van der Waals surface area contributed by atoms with Crippen molar-refractivity contribution in [2.45, 2.75) is 6.54 Å². The number of carbonyl (C=O) groups excluding carboxylic acids is 1. The zero-order chi connectivity index (χ0) is 14.5. The average Bonchev–Trinajstić information content (AvgIpc) is 2.42. The van der Waals surface area contributed by atoms with E-state index in [0.717, 1.165) is 37.4 Å². The van der Waals surface area contributed by atoms with Gasteiger partial charge in [0.15, 0.2) is 0 Å². The Labute approximate surface area is 120 Å². The highest BCUT2D eigenvalue weighted by atomic mass is 16.2. The standard InChI is InChI=1S/C15H24N4O/c1-17-7-9-19(10-8-17)15(20)12-18(2)11-13-5-3-4-6-14(13)16/h3-6H,7-12,16H2,1-2H3. The van der Waals surface area contributed by atoms with Gasteiger partial charge in [-0.05, 0) is 25.7 Å². The Morgan fingerprint density at radius 3 is 2.55 bits per heavy atom. The number of anilines is 1. The van der Waals surface area contributed by atoms with Gasteiger partial charge in [0, 0.05) is 38.4 Å². The number of amides is 1. The van der Waals surface area contributed by atoms with Crippen molar-refractivity contribution in [2.75, 3.05) is 52.6 Å². The van der Waals surface area contributed by atoms with Crippen LogP contribution in [0.4, 0.5) is 5.69 Å². The lowest BCUT2D eigenvalue weighted by Gasteiger charge is -2.33. The Hall–Kier alpha value is -1.59. The number of nitrogens with zero attached hydrogens (tertiary/aromatic N) is 3. The molecule has 1 aliphatic rings. The van der Waals surface area contributed by atoms with E-state index < -0.39 is 0 Å². The maximum atomic E-state index is 12.2. The average molecular weight is 276 g/mol. The first kappa shape index (κ1) is 14.8. The van der Waals surface area contributed by atoms with E-state index in [1.807, 2.05) is 41.1 Å². The quantitative estimate of drug-likeness (QED) is 0.813. The fraction of sp³-hybridized carbons (Fsp3) is 0.533. The number of para-hydroxylation sites is 1. The normalized spacial score (nSPS) is 16.6. The Morgan fingerprint density at radius 1 is 1.25 bits per heavy atom. The third kappa shape index (κ3) is 3.95. The van der Waals surface area contributed by atoms with Crippen LogP contribution in [-0.2, 0) is 11.3 Å². The van der Waals surface area contributed by atoms with Crippen LogP contribution in [0, 0.1) is 0 Å². The van der Waals surface area contributed by atoms with Crippen molar-refractivity contribution in [3.63, 3.8) is 0 Å². The molecule has 5 heteroatoms. The van der Waals surface area contributed by atoms with Crippen LogP contribution in [0.5, 0.6) is 0 Å². The molecule has 0 aliphatic carbocycles. The van der Waals surface area contributed by atoms with Crippen LogP contribution in [0.15, 0.2) is 24.3 Å². The highest BCUT2D eigenvalue weighted by Gasteiger charge is 2.20. The van der Waals surface area contributed by atoms with Gasteiger partial charge in [-0.1, -0.05) is 18.2 Å². The molecule has 1 aromatic carbocycles. The number of rotatable bonds is 4. The van der Waals surface area contributed by atoms with Gasteiger partial charge in [-0.2, -0.15) is 0 Å². The molecule has 0 radical (unpaired) electrons. The molecule has 2 rings (SSSR count). The molecule has 110 valence electrons. The molecule has 0 spiro atoms. The van der Waals surface area contributed by atoms with E-state index in [0.29, 0.717) is 13.1 Å². The molecular formula is C15H24N4O. The van der Waals surface area contributed by atoms with E-state index in [4.69, 9.17) is 5.73 Å². The lowest BCUT2D eigenvalue weighted by Crippen LogP contribution is -2.49. The van der Waals surface area contributed by atoms with E-state index in [1.165, 1.54) is 0 Å². The van der Waals surface area contributed by atoms with Crippen molar-refractivity contribution >= 4 is 11.6 Å². The van der Waals surface area contributed by atoms with Gasteiger partial charge in [-0.3, -0.25) is 9.69 Å². The number of benzene rings is 1. The molecule has 1 fully saturated rings. The topological polar surface area (TPSA) is 52.8 Å². The SMILES string of the molecule is CN1CCN(C(=O)CN(C)Cc2ccccc2N)CC1. The third-order valence-corrected chi connectivity index (χ3v) is 3.76. The van der Waals surface area contributed by atoms with Crippen molar-refractivity contribution in [1.29, 1.82) is 0 Å². The third-order valence-electron chi connectivity index (χ3n) is 3.76. The molecule has 20 heavy (non-hydrogen) atoms. The molecule has 1 aliphatic heterocycles. The van der Waals surface area contributed by atoms with Crippen LogP contribution in [0.25, 0.3) is 0 Å². The molecule has 1 heterocycles. The Balaban J connectivity index is 1.83. The van der Waals surface area contributed by atoms with Crippen molar-refractivity contribution in [3.8, 4) is 0 Å². The van der Waals surface area contributed by atoms with Crippen molar-refractivity contribution < 1.29 is 4.79 Å². The number of likely N-dealkylation sites (N-methyl/N-ethyl adjacent to an activating group) is 2. The summed E-state index contributed by atoms with van der Waals surface area (Å²) in [5, 5.41) is 0. The zero-order valence-corrected chi connectivity index (χ0v) is 12.4. The monoisotopic (exact) mass is 276 g/mol. The molecule has 0 saturated carbocycles. The van der Waals surface area contributed by atoms with E-state index in [2.05, 4.69) is 11.9 Å². The first-order valence-electron chi connectivity index (χ1n) is 7.04. The second-order valence-corrected chi connectivity index (χ2v) is 5.56. The fourth-order valence-corrected chi connectivity index (χ4v) is 2.41. The number of hydrogen-bond acceptors (Lipinski definition) is 4. The first-order valence-corrected chi connectivity index (χ1v) is 7.04. The van der Waals surface area contributed by atoms with Crippen molar-refractivity contribution in [3.05, 3.63) is 29.8 Å². The summed E-state index contributed by atoms with van der Waals surface area (Å²) >= 11 is 0. The molecule has 0 aromatic heterocycles. The van der Waals surface area contributed by atoms with Gasteiger partial charge >= 0.3 is 0 Å². The zero-order valence-electron chi connectivity index (χ0n) is 12.4. The molecule has 1 aromatic rings. The van der Waals surface area contributed by atoms with Crippen molar-refractivity contribution in [2.24, 2.45) is 0 Å². The minimum atomic E-state index is 0.204. The molecule has 2 N–H and O–H groups in total. The Morgan fingerprint density at radius 2 is 1.90 bits per heavy atom. The highest BCUT2D eigenvalue weighted by Crippen LogP contribution is 2.12. The Kier molecular flexibility index (Phi) is 4.98. The molecule has 0 bridgehead atoms. The van der Waals surface area contributed by atoms with Gasteiger partial charge in [0.05, 0.1) is 6.54 Å². The molecule has 0 atom stereocenters. The summed E-state index contributed by atoms with van der Waals surface area (Å²) in [7, 11) is 4.05. The number of piperazine rings is 1.